The minimum absolute atomic E-state index is 0.0697. The highest BCUT2D eigenvalue weighted by molar-refractivity contribution is 5.96. The van der Waals surface area contributed by atoms with Crippen molar-refractivity contribution in [1.29, 1.82) is 0 Å². The average molecular weight is 337 g/mol. The van der Waals surface area contributed by atoms with Crippen LogP contribution in [0.2, 0.25) is 0 Å². The predicted octanol–water partition coefficient (Wildman–Crippen LogP) is 2.75. The van der Waals surface area contributed by atoms with Crippen LogP contribution >= 0.6 is 0 Å². The second-order valence-electron chi connectivity index (χ2n) is 5.63. The molecule has 2 rings (SSSR count). The molecule has 0 heterocycles. The molecule has 0 aliphatic carbocycles. The van der Waals surface area contributed by atoms with E-state index in [4.69, 9.17) is 0 Å². The average Bonchev–Trinajstić information content (AvgIpc) is 2.58. The molecule has 0 spiro atoms. The van der Waals surface area contributed by atoms with Crippen LogP contribution in [0.25, 0.3) is 0 Å². The summed E-state index contributed by atoms with van der Waals surface area (Å²) in [5, 5.41) is 13.6. The van der Waals surface area contributed by atoms with Crippen LogP contribution in [-0.2, 0) is 0 Å². The molecular weight excluding hydrogens is 318 g/mol. The van der Waals surface area contributed by atoms with Crippen molar-refractivity contribution in [2.45, 2.75) is 6.92 Å². The lowest BCUT2D eigenvalue weighted by Gasteiger charge is -2.11. The molecule has 6 heteroatoms. The number of nitrogens with zero attached hydrogens (tertiary/aromatic N) is 2. The highest BCUT2D eigenvalue weighted by Crippen LogP contribution is 2.20. The maximum Gasteiger partial charge on any atom is 0.273 e. The fraction of sp³-hybridized carbons (Fsp3) is 0.211. The topological polar surface area (TPSA) is 75.5 Å². The molecule has 0 aromatic heterocycles. The van der Waals surface area contributed by atoms with Crippen LogP contribution in [0.5, 0.6) is 0 Å². The summed E-state index contributed by atoms with van der Waals surface area (Å²) in [6.07, 6.45) is 0. The summed E-state index contributed by atoms with van der Waals surface area (Å²) < 4.78 is 0. The minimum Gasteiger partial charge on any atom is -0.378 e. The van der Waals surface area contributed by atoms with Gasteiger partial charge in [-0.05, 0) is 37.3 Å². The van der Waals surface area contributed by atoms with Gasteiger partial charge in [-0.25, -0.2) is 0 Å². The third-order valence-electron chi connectivity index (χ3n) is 3.70. The van der Waals surface area contributed by atoms with Crippen LogP contribution in [-0.4, -0.2) is 31.5 Å². The van der Waals surface area contributed by atoms with E-state index in [0.717, 1.165) is 11.3 Å². The van der Waals surface area contributed by atoms with E-state index < -0.39 is 4.92 Å². The Labute approximate surface area is 146 Å². The summed E-state index contributed by atoms with van der Waals surface area (Å²) >= 11 is 0. The van der Waals surface area contributed by atoms with Gasteiger partial charge in [0.1, 0.15) is 0 Å². The number of rotatable bonds is 4. The Balaban J connectivity index is 2.00. The third-order valence-corrected chi connectivity index (χ3v) is 3.70. The summed E-state index contributed by atoms with van der Waals surface area (Å²) in [5.41, 5.74) is 2.50. The molecule has 2 aromatic rings. The van der Waals surface area contributed by atoms with Gasteiger partial charge in [-0.15, -0.1) is 0 Å². The minimum atomic E-state index is -0.497. The molecule has 0 aliphatic rings. The first-order valence-electron chi connectivity index (χ1n) is 7.68. The van der Waals surface area contributed by atoms with Crippen LogP contribution in [0.1, 0.15) is 21.5 Å². The first kappa shape index (κ1) is 18.0. The molecule has 25 heavy (non-hydrogen) atoms. The molecule has 1 amide bonds. The number of nitro benzene ring substituents is 1. The Hall–Kier alpha value is -3.33. The number of amides is 1. The van der Waals surface area contributed by atoms with E-state index in [0.29, 0.717) is 5.56 Å². The van der Waals surface area contributed by atoms with Crippen molar-refractivity contribution in [1.82, 2.24) is 5.32 Å². The molecule has 128 valence electrons. The zero-order valence-corrected chi connectivity index (χ0v) is 14.4. The van der Waals surface area contributed by atoms with Gasteiger partial charge in [0, 0.05) is 42.5 Å². The van der Waals surface area contributed by atoms with Gasteiger partial charge in [0.15, 0.2) is 0 Å². The lowest BCUT2D eigenvalue weighted by atomic mass is 10.1. The summed E-state index contributed by atoms with van der Waals surface area (Å²) in [6.45, 7) is 1.72. The molecule has 0 aliphatic heterocycles. The molecule has 0 atom stereocenters. The van der Waals surface area contributed by atoms with Gasteiger partial charge in [0.25, 0.3) is 11.6 Å². The quantitative estimate of drug-likeness (QED) is 0.529. The van der Waals surface area contributed by atoms with E-state index in [1.54, 1.807) is 13.0 Å². The fourth-order valence-electron chi connectivity index (χ4n) is 2.28. The van der Waals surface area contributed by atoms with Gasteiger partial charge >= 0.3 is 0 Å². The van der Waals surface area contributed by atoms with Gasteiger partial charge < -0.3 is 10.2 Å². The van der Waals surface area contributed by atoms with Crippen molar-refractivity contribution < 1.29 is 9.72 Å². The fourth-order valence-corrected chi connectivity index (χ4v) is 2.28. The van der Waals surface area contributed by atoms with E-state index in [1.807, 2.05) is 43.3 Å². The van der Waals surface area contributed by atoms with Gasteiger partial charge in [-0.3, -0.25) is 14.9 Å². The van der Waals surface area contributed by atoms with E-state index in [9.17, 15) is 14.9 Å². The van der Waals surface area contributed by atoms with Gasteiger partial charge in [0.2, 0.25) is 0 Å². The normalized spacial score (nSPS) is 9.72. The molecule has 0 bridgehead atoms. The Kier molecular flexibility index (Phi) is 5.75. The zero-order valence-electron chi connectivity index (χ0n) is 14.4. The number of nitro groups is 1. The summed E-state index contributed by atoms with van der Waals surface area (Å²) in [7, 11) is 3.93. The number of benzene rings is 2. The number of carbonyl (C=O) groups is 1. The molecule has 0 saturated carbocycles. The lowest BCUT2D eigenvalue weighted by Crippen LogP contribution is -2.24. The number of carbonyl (C=O) groups excluding carboxylic acids is 1. The summed E-state index contributed by atoms with van der Waals surface area (Å²) in [5.74, 6) is 5.47. The standard InChI is InChI=1S/C19H19N3O3/c1-14-17(7-4-8-18(14)22(24)25)19(23)20-13-5-6-15-9-11-16(12-10-15)21(2)3/h4,7-12H,13H2,1-3H3,(H,20,23). The van der Waals surface area contributed by atoms with E-state index >= 15 is 0 Å². The van der Waals surface area contributed by atoms with Gasteiger partial charge in [-0.2, -0.15) is 0 Å². The van der Waals surface area contributed by atoms with Crippen LogP contribution < -0.4 is 10.2 Å². The predicted molar refractivity (Wildman–Crippen MR) is 97.8 cm³/mol. The molecular formula is C19H19N3O3. The first-order chi connectivity index (χ1) is 11.9. The van der Waals surface area contributed by atoms with E-state index in [2.05, 4.69) is 17.2 Å². The first-order valence-corrected chi connectivity index (χ1v) is 7.68. The highest BCUT2D eigenvalue weighted by Gasteiger charge is 2.17. The SMILES string of the molecule is Cc1c(C(=O)NCC#Cc2ccc(N(C)C)cc2)cccc1[N+](=O)[O-]. The molecule has 1 N–H and O–H groups in total. The second kappa shape index (κ2) is 7.97. The molecule has 0 unspecified atom stereocenters. The van der Waals surface area contributed by atoms with Gasteiger partial charge in [-0.1, -0.05) is 17.9 Å². The number of nitrogens with one attached hydrogen (secondary N) is 1. The van der Waals surface area contributed by atoms with E-state index in [-0.39, 0.29) is 23.7 Å². The van der Waals surface area contributed by atoms with Crippen molar-refractivity contribution in [3.8, 4) is 11.8 Å². The monoisotopic (exact) mass is 337 g/mol. The van der Waals surface area contributed by atoms with Crippen molar-refractivity contribution >= 4 is 17.3 Å². The van der Waals surface area contributed by atoms with Crippen LogP contribution in [0.3, 0.4) is 0 Å². The maximum absolute atomic E-state index is 12.2. The van der Waals surface area contributed by atoms with Gasteiger partial charge in [0.05, 0.1) is 11.5 Å². The Morgan fingerprint density at radius 2 is 1.88 bits per heavy atom. The lowest BCUT2D eigenvalue weighted by molar-refractivity contribution is -0.385. The largest absolute Gasteiger partial charge is 0.378 e. The van der Waals surface area contributed by atoms with E-state index in [1.165, 1.54) is 12.1 Å². The molecule has 2 aromatic carbocycles. The van der Waals surface area contributed by atoms with Crippen molar-refractivity contribution in [3.05, 3.63) is 69.3 Å². The molecule has 0 fully saturated rings. The Bertz CT molecular complexity index is 846. The smallest absolute Gasteiger partial charge is 0.273 e. The highest BCUT2D eigenvalue weighted by atomic mass is 16.6. The van der Waals surface area contributed by atoms with Crippen molar-refractivity contribution in [2.24, 2.45) is 0 Å². The number of hydrogen-bond acceptors (Lipinski definition) is 4. The number of hydrogen-bond donors (Lipinski definition) is 1. The van der Waals surface area contributed by atoms with Crippen molar-refractivity contribution in [3.63, 3.8) is 0 Å². The van der Waals surface area contributed by atoms with Crippen LogP contribution in [0.15, 0.2) is 42.5 Å². The molecule has 0 radical (unpaired) electrons. The summed E-state index contributed by atoms with van der Waals surface area (Å²) in [4.78, 5) is 24.6. The number of anilines is 1. The third kappa shape index (κ3) is 4.58. The molecule has 6 nitrogen and oxygen atoms in total. The zero-order chi connectivity index (χ0) is 18.4. The maximum atomic E-state index is 12.2. The second-order valence-corrected chi connectivity index (χ2v) is 5.63. The van der Waals surface area contributed by atoms with Crippen LogP contribution in [0.4, 0.5) is 11.4 Å². The Morgan fingerprint density at radius 1 is 1.20 bits per heavy atom. The Morgan fingerprint density at radius 3 is 2.48 bits per heavy atom. The summed E-state index contributed by atoms with van der Waals surface area (Å²) in [6, 6.07) is 12.2. The van der Waals surface area contributed by atoms with Crippen molar-refractivity contribution in [2.75, 3.05) is 25.5 Å². The molecule has 0 saturated heterocycles. The van der Waals surface area contributed by atoms with Crippen LogP contribution in [0, 0.1) is 28.9 Å².